The number of nitrogens with zero attached hydrogens (tertiary/aromatic N) is 1. The van der Waals surface area contributed by atoms with Gasteiger partial charge in [0.15, 0.2) is 4.77 Å². The van der Waals surface area contributed by atoms with Gasteiger partial charge in [-0.2, -0.15) is 0 Å². The Morgan fingerprint density at radius 2 is 1.85 bits per heavy atom. The maximum Gasteiger partial charge on any atom is 0.182 e. The summed E-state index contributed by atoms with van der Waals surface area (Å²) in [6, 6.07) is 9.08. The number of nitrogens with one attached hydrogen (secondary N) is 1. The quantitative estimate of drug-likeness (QED) is 0.508. The Morgan fingerprint density at radius 3 is 2.50 bits per heavy atom. The van der Waals surface area contributed by atoms with Gasteiger partial charge in [0, 0.05) is 8.95 Å². The molecular formula is C14H9Br2FN2S. The van der Waals surface area contributed by atoms with Crippen molar-refractivity contribution in [3.8, 4) is 5.69 Å². The van der Waals surface area contributed by atoms with E-state index in [0.29, 0.717) is 15.9 Å². The van der Waals surface area contributed by atoms with Crippen molar-refractivity contribution < 1.29 is 4.39 Å². The molecule has 0 unspecified atom stereocenters. The van der Waals surface area contributed by atoms with Crippen molar-refractivity contribution >= 4 is 55.1 Å². The lowest BCUT2D eigenvalue weighted by atomic mass is 10.2. The largest absolute Gasteiger partial charge is 0.330 e. The first-order valence-corrected chi connectivity index (χ1v) is 7.83. The number of rotatable bonds is 1. The van der Waals surface area contributed by atoms with E-state index < -0.39 is 0 Å². The van der Waals surface area contributed by atoms with Crippen LogP contribution in [0.15, 0.2) is 39.3 Å². The summed E-state index contributed by atoms with van der Waals surface area (Å²) in [5, 5.41) is 0. The molecule has 6 heteroatoms. The number of halogens is 3. The third-order valence-electron chi connectivity index (χ3n) is 3.12. The molecule has 3 aromatic rings. The molecule has 3 rings (SSSR count). The van der Waals surface area contributed by atoms with E-state index >= 15 is 0 Å². The van der Waals surface area contributed by atoms with Crippen LogP contribution in [0.5, 0.6) is 0 Å². The van der Waals surface area contributed by atoms with E-state index in [1.807, 2.05) is 22.8 Å². The molecule has 0 saturated carbocycles. The number of hydrogen-bond donors (Lipinski definition) is 1. The minimum atomic E-state index is -0.243. The lowest BCUT2D eigenvalue weighted by molar-refractivity contribution is 0.620. The average Bonchev–Trinajstić information content (AvgIpc) is 2.67. The Morgan fingerprint density at radius 1 is 1.20 bits per heavy atom. The highest BCUT2D eigenvalue weighted by molar-refractivity contribution is 9.11. The summed E-state index contributed by atoms with van der Waals surface area (Å²) < 4.78 is 17.9. The molecule has 0 atom stereocenters. The van der Waals surface area contributed by atoms with E-state index in [4.69, 9.17) is 12.2 Å². The zero-order chi connectivity index (χ0) is 14.4. The summed E-state index contributed by atoms with van der Waals surface area (Å²) in [5.41, 5.74) is 3.01. The second-order valence-electron chi connectivity index (χ2n) is 4.45. The zero-order valence-corrected chi connectivity index (χ0v) is 14.4. The van der Waals surface area contributed by atoms with E-state index in [0.717, 1.165) is 20.1 Å². The van der Waals surface area contributed by atoms with E-state index in [-0.39, 0.29) is 5.82 Å². The fraction of sp³-hybridized carbons (Fsp3) is 0.0714. The van der Waals surface area contributed by atoms with Crippen LogP contribution >= 0.6 is 44.1 Å². The van der Waals surface area contributed by atoms with Gasteiger partial charge in [0.2, 0.25) is 0 Å². The number of hydrogen-bond acceptors (Lipinski definition) is 1. The van der Waals surface area contributed by atoms with Gasteiger partial charge < -0.3 is 4.98 Å². The zero-order valence-electron chi connectivity index (χ0n) is 10.4. The predicted octanol–water partition coefficient (Wildman–Crippen LogP) is 5.66. The van der Waals surface area contributed by atoms with E-state index in [2.05, 4.69) is 36.8 Å². The van der Waals surface area contributed by atoms with Crippen molar-refractivity contribution in [3.05, 3.63) is 55.4 Å². The highest BCUT2D eigenvalue weighted by Crippen LogP contribution is 2.32. The predicted molar refractivity (Wildman–Crippen MR) is 88.6 cm³/mol. The molecule has 0 spiro atoms. The third kappa shape index (κ3) is 2.16. The highest BCUT2D eigenvalue weighted by atomic mass is 79.9. The number of aromatic nitrogens is 2. The van der Waals surface area contributed by atoms with Crippen molar-refractivity contribution in [1.29, 1.82) is 0 Å². The number of aromatic amines is 1. The van der Waals surface area contributed by atoms with Crippen molar-refractivity contribution in [3.63, 3.8) is 0 Å². The van der Waals surface area contributed by atoms with E-state index in [1.54, 1.807) is 13.0 Å². The fourth-order valence-corrected chi connectivity index (χ4v) is 3.81. The summed E-state index contributed by atoms with van der Waals surface area (Å²) in [4.78, 5) is 3.04. The van der Waals surface area contributed by atoms with Gasteiger partial charge in [-0.15, -0.1) is 0 Å². The summed E-state index contributed by atoms with van der Waals surface area (Å²) in [7, 11) is 0. The molecule has 0 radical (unpaired) electrons. The van der Waals surface area contributed by atoms with Crippen LogP contribution in [0.2, 0.25) is 0 Å². The summed E-state index contributed by atoms with van der Waals surface area (Å²) >= 11 is 12.5. The first kappa shape index (κ1) is 14.0. The topological polar surface area (TPSA) is 20.7 Å². The lowest BCUT2D eigenvalue weighted by Crippen LogP contribution is -1.97. The molecule has 1 aromatic heterocycles. The SMILES string of the molecule is Cc1cc2c(cc1F)[nH]c(=S)n2-c1c(Br)cccc1Br. The summed E-state index contributed by atoms with van der Waals surface area (Å²) in [6.07, 6.45) is 0. The molecule has 0 aliphatic heterocycles. The number of fused-ring (bicyclic) bond motifs is 1. The number of aryl methyl sites for hydroxylation is 1. The van der Waals surface area contributed by atoms with Gasteiger partial charge in [0.05, 0.1) is 16.7 Å². The number of para-hydroxylation sites is 1. The molecule has 2 nitrogen and oxygen atoms in total. The Bertz CT molecular complexity index is 862. The Hall–Kier alpha value is -0.980. The summed E-state index contributed by atoms with van der Waals surface area (Å²) in [5.74, 6) is -0.243. The molecule has 20 heavy (non-hydrogen) atoms. The van der Waals surface area contributed by atoms with E-state index in [9.17, 15) is 4.39 Å². The minimum absolute atomic E-state index is 0.243. The fourth-order valence-electron chi connectivity index (χ4n) is 2.16. The molecule has 0 aliphatic rings. The Kier molecular flexibility index (Phi) is 3.56. The van der Waals surface area contributed by atoms with Gasteiger partial charge in [-0.3, -0.25) is 4.57 Å². The second-order valence-corrected chi connectivity index (χ2v) is 6.55. The van der Waals surface area contributed by atoms with Gasteiger partial charge in [0.25, 0.3) is 0 Å². The Labute approximate surface area is 136 Å². The molecular weight excluding hydrogens is 407 g/mol. The number of benzene rings is 2. The molecule has 0 fully saturated rings. The molecule has 0 saturated heterocycles. The van der Waals surface area contributed by atoms with Gasteiger partial charge >= 0.3 is 0 Å². The first-order valence-electron chi connectivity index (χ1n) is 5.84. The van der Waals surface area contributed by atoms with Crippen LogP contribution in [-0.4, -0.2) is 9.55 Å². The Balaban J connectivity index is 2.46. The average molecular weight is 416 g/mol. The highest BCUT2D eigenvalue weighted by Gasteiger charge is 2.14. The van der Waals surface area contributed by atoms with Gasteiger partial charge in [-0.05, 0) is 80.8 Å². The van der Waals surface area contributed by atoms with Crippen LogP contribution in [0, 0.1) is 17.5 Å². The lowest BCUT2D eigenvalue weighted by Gasteiger charge is -2.10. The minimum Gasteiger partial charge on any atom is -0.330 e. The van der Waals surface area contributed by atoms with Crippen LogP contribution in [0.25, 0.3) is 16.7 Å². The van der Waals surface area contributed by atoms with Gasteiger partial charge in [-0.25, -0.2) is 4.39 Å². The monoisotopic (exact) mass is 414 g/mol. The second kappa shape index (κ2) is 5.09. The normalized spacial score (nSPS) is 11.2. The van der Waals surface area contributed by atoms with Gasteiger partial charge in [0.1, 0.15) is 5.82 Å². The van der Waals surface area contributed by atoms with Crippen molar-refractivity contribution in [2.75, 3.05) is 0 Å². The standard InChI is InChI=1S/C14H9Br2FN2S/c1-7-5-12-11(6-10(7)17)18-14(20)19(12)13-8(15)3-2-4-9(13)16/h2-6H,1H3,(H,18,20). The molecule has 0 aliphatic carbocycles. The van der Waals surface area contributed by atoms with Crippen molar-refractivity contribution in [2.45, 2.75) is 6.92 Å². The van der Waals surface area contributed by atoms with Crippen LogP contribution in [0.4, 0.5) is 4.39 Å². The molecule has 2 aromatic carbocycles. The third-order valence-corrected chi connectivity index (χ3v) is 4.69. The first-order chi connectivity index (χ1) is 9.49. The van der Waals surface area contributed by atoms with Crippen molar-refractivity contribution in [2.24, 2.45) is 0 Å². The smallest absolute Gasteiger partial charge is 0.182 e. The molecule has 1 N–H and O–H groups in total. The molecule has 102 valence electrons. The van der Waals surface area contributed by atoms with Crippen LogP contribution in [0.3, 0.4) is 0 Å². The number of imidazole rings is 1. The molecule has 0 bridgehead atoms. The van der Waals surface area contributed by atoms with Crippen molar-refractivity contribution in [1.82, 2.24) is 9.55 Å². The van der Waals surface area contributed by atoms with Gasteiger partial charge in [-0.1, -0.05) is 6.07 Å². The number of H-pyrrole nitrogens is 1. The van der Waals surface area contributed by atoms with E-state index in [1.165, 1.54) is 6.07 Å². The maximum atomic E-state index is 13.7. The van der Waals surface area contributed by atoms with Crippen LogP contribution in [-0.2, 0) is 0 Å². The molecule has 1 heterocycles. The molecule has 0 amide bonds. The maximum absolute atomic E-state index is 13.7. The van der Waals surface area contributed by atoms with Crippen LogP contribution in [0.1, 0.15) is 5.56 Å². The van der Waals surface area contributed by atoms with Crippen LogP contribution < -0.4 is 0 Å². The summed E-state index contributed by atoms with van der Waals surface area (Å²) in [6.45, 7) is 1.74.